The van der Waals surface area contributed by atoms with E-state index < -0.39 is 47.2 Å². The lowest BCUT2D eigenvalue weighted by Crippen LogP contribution is -2.52. The minimum atomic E-state index is -6.68. The van der Waals surface area contributed by atoms with E-state index in [9.17, 15) is 43.2 Å². The highest BCUT2D eigenvalue weighted by Crippen LogP contribution is 2.37. The molecule has 0 aromatic carbocycles. The third-order valence-electron chi connectivity index (χ3n) is 2.13. The van der Waals surface area contributed by atoms with Crippen LogP contribution in [0.1, 0.15) is 26.7 Å². The normalized spacial score (nSPS) is 16.4. The van der Waals surface area contributed by atoms with E-state index in [1.54, 1.807) is 0 Å². The van der Waals surface area contributed by atoms with E-state index in [-0.39, 0.29) is 6.42 Å². The van der Waals surface area contributed by atoms with Gasteiger partial charge in [-0.25, -0.2) is 16.8 Å². The molecule has 0 saturated carbocycles. The lowest BCUT2D eigenvalue weighted by atomic mass is 10.2. The fraction of sp³-hybridized carbons (Fsp3) is 1.00. The molecule has 0 aromatic rings. The van der Waals surface area contributed by atoms with Crippen LogP contribution in [0.25, 0.3) is 0 Å². The van der Waals surface area contributed by atoms with E-state index in [2.05, 4.69) is 0 Å². The van der Waals surface area contributed by atoms with Crippen LogP contribution in [0.5, 0.6) is 0 Å². The van der Waals surface area contributed by atoms with Crippen LogP contribution in [0.2, 0.25) is 0 Å². The van der Waals surface area contributed by atoms with Gasteiger partial charge < -0.3 is 0 Å². The summed E-state index contributed by atoms with van der Waals surface area (Å²) < 4.78 is 117. The van der Waals surface area contributed by atoms with Gasteiger partial charge in [0.1, 0.15) is 0 Å². The van der Waals surface area contributed by atoms with Gasteiger partial charge in [0.05, 0.1) is 0 Å². The predicted octanol–water partition coefficient (Wildman–Crippen LogP) is 2.18. The zero-order valence-electron chi connectivity index (χ0n) is 10.2. The van der Waals surface area contributed by atoms with Crippen molar-refractivity contribution >= 4 is 20.0 Å². The van der Waals surface area contributed by atoms with Crippen molar-refractivity contribution in [2.24, 2.45) is 0 Å². The highest BCUT2D eigenvalue weighted by Gasteiger charge is 2.62. The molecule has 13 heteroatoms. The van der Waals surface area contributed by atoms with Crippen LogP contribution < -0.4 is 0 Å². The maximum atomic E-state index is 12.3. The average molecular weight is 351 g/mol. The number of hydrogen-bond donors (Lipinski definition) is 0. The van der Waals surface area contributed by atoms with Crippen molar-refractivity contribution in [2.45, 2.75) is 43.7 Å². The molecule has 122 valence electrons. The van der Waals surface area contributed by atoms with Crippen molar-refractivity contribution < 1.29 is 43.2 Å². The molecule has 0 saturated heterocycles. The average Bonchev–Trinajstić information content (AvgIpc) is 2.12. The van der Waals surface area contributed by atoms with Crippen LogP contribution in [0.3, 0.4) is 0 Å². The van der Waals surface area contributed by atoms with E-state index >= 15 is 0 Å². The number of hydrogen-bond acceptors (Lipinski definition) is 4. The van der Waals surface area contributed by atoms with Crippen LogP contribution in [0, 0.1) is 0 Å². The molecule has 0 rings (SSSR count). The number of nitrogens with zero attached hydrogens (tertiary/aromatic N) is 1. The SMILES string of the molecule is CCCC(C)N(S(=O)(=O)C(F)(F)F)S(=O)(=O)C(F)(F)F. The van der Waals surface area contributed by atoms with Crippen LogP contribution in [0.15, 0.2) is 0 Å². The fourth-order valence-corrected chi connectivity index (χ4v) is 4.44. The van der Waals surface area contributed by atoms with Crippen LogP contribution in [0.4, 0.5) is 26.3 Å². The maximum Gasteiger partial charge on any atom is 0.512 e. The summed E-state index contributed by atoms with van der Waals surface area (Å²) in [5.74, 6) is 0. The topological polar surface area (TPSA) is 71.5 Å². The van der Waals surface area contributed by atoms with Crippen LogP contribution >= 0.6 is 0 Å². The van der Waals surface area contributed by atoms with Gasteiger partial charge >= 0.3 is 31.1 Å². The van der Waals surface area contributed by atoms with Crippen molar-refractivity contribution in [2.75, 3.05) is 0 Å². The molecular formula is C7H11F6NO4S2. The Labute approximate surface area is 111 Å². The summed E-state index contributed by atoms with van der Waals surface area (Å²) in [5, 5.41) is 0. The summed E-state index contributed by atoms with van der Waals surface area (Å²) >= 11 is 0. The third kappa shape index (κ3) is 3.55. The molecular weight excluding hydrogens is 340 g/mol. The monoisotopic (exact) mass is 351 g/mol. The fourth-order valence-electron chi connectivity index (χ4n) is 1.33. The van der Waals surface area contributed by atoms with Crippen LogP contribution in [-0.2, 0) is 20.0 Å². The van der Waals surface area contributed by atoms with Gasteiger partial charge in [0.2, 0.25) is 0 Å². The summed E-state index contributed by atoms with van der Waals surface area (Å²) in [4.78, 5) is 0. The molecule has 0 aromatic heterocycles. The maximum absolute atomic E-state index is 12.3. The summed E-state index contributed by atoms with van der Waals surface area (Å²) in [7, 11) is -13.4. The summed E-state index contributed by atoms with van der Waals surface area (Å²) in [6, 6.07) is -2.02. The molecule has 5 nitrogen and oxygen atoms in total. The molecule has 0 aliphatic heterocycles. The molecule has 1 atom stereocenters. The van der Waals surface area contributed by atoms with E-state index in [1.165, 1.54) is 6.92 Å². The quantitative estimate of drug-likeness (QED) is 0.712. The highest BCUT2D eigenvalue weighted by molar-refractivity contribution is 8.04. The van der Waals surface area contributed by atoms with E-state index in [1.807, 2.05) is 0 Å². The zero-order valence-corrected chi connectivity index (χ0v) is 11.8. The Morgan fingerprint density at radius 1 is 0.900 bits per heavy atom. The Morgan fingerprint density at radius 2 is 1.20 bits per heavy atom. The third-order valence-corrected chi connectivity index (χ3v) is 6.14. The molecule has 0 N–H and O–H groups in total. The lowest BCUT2D eigenvalue weighted by molar-refractivity contribution is -0.0543. The van der Waals surface area contributed by atoms with Gasteiger partial charge in [0.15, 0.2) is 0 Å². The first kappa shape index (κ1) is 19.4. The lowest BCUT2D eigenvalue weighted by Gasteiger charge is -2.28. The van der Waals surface area contributed by atoms with Crippen molar-refractivity contribution in [1.82, 2.24) is 3.71 Å². The van der Waals surface area contributed by atoms with Gasteiger partial charge in [0.25, 0.3) is 0 Å². The second-order valence-electron chi connectivity index (χ2n) is 3.76. The van der Waals surface area contributed by atoms with E-state index in [4.69, 9.17) is 0 Å². The second-order valence-corrected chi connectivity index (χ2v) is 7.61. The standard InChI is InChI=1S/C7H11F6NO4S2/c1-3-4-5(2)14(19(15,16)6(8,9)10)20(17,18)7(11,12)13/h5H,3-4H2,1-2H3. The van der Waals surface area contributed by atoms with Gasteiger partial charge in [-0.3, -0.25) is 0 Å². The molecule has 0 fully saturated rings. The predicted molar refractivity (Wildman–Crippen MR) is 56.2 cm³/mol. The summed E-state index contributed by atoms with van der Waals surface area (Å²) in [5.41, 5.74) is -12.3. The molecule has 0 radical (unpaired) electrons. The first-order valence-corrected chi connectivity index (χ1v) is 7.90. The minimum absolute atomic E-state index is 0.0155. The van der Waals surface area contributed by atoms with E-state index in [0.29, 0.717) is 6.92 Å². The highest BCUT2D eigenvalue weighted by atomic mass is 32.3. The number of sulfonamides is 2. The van der Waals surface area contributed by atoms with Gasteiger partial charge in [0, 0.05) is 6.04 Å². The van der Waals surface area contributed by atoms with E-state index in [0.717, 1.165) is 0 Å². The smallest absolute Gasteiger partial charge is 0.202 e. The molecule has 0 amide bonds. The van der Waals surface area contributed by atoms with Crippen molar-refractivity contribution in [3.63, 3.8) is 0 Å². The first-order chi connectivity index (χ1) is 8.60. The van der Waals surface area contributed by atoms with Crippen molar-refractivity contribution in [1.29, 1.82) is 0 Å². The largest absolute Gasteiger partial charge is 0.512 e. The Morgan fingerprint density at radius 3 is 1.40 bits per heavy atom. The number of rotatable bonds is 5. The first-order valence-electron chi connectivity index (χ1n) is 5.02. The Hall–Kier alpha value is -0.560. The molecule has 0 aliphatic rings. The van der Waals surface area contributed by atoms with Gasteiger partial charge in [-0.1, -0.05) is 17.1 Å². The molecule has 0 heterocycles. The second kappa shape index (κ2) is 5.67. The Bertz CT molecular complexity index is 491. The van der Waals surface area contributed by atoms with Crippen molar-refractivity contribution in [3.05, 3.63) is 0 Å². The van der Waals surface area contributed by atoms with Gasteiger partial charge in [-0.05, 0) is 13.3 Å². The van der Waals surface area contributed by atoms with Gasteiger partial charge in [-0.2, -0.15) is 26.3 Å². The van der Waals surface area contributed by atoms with Crippen LogP contribution in [-0.4, -0.2) is 37.6 Å². The number of halogens is 6. The molecule has 0 spiro atoms. The Balaban J connectivity index is 6.19. The summed E-state index contributed by atoms with van der Waals surface area (Å²) in [6.07, 6.45) is -0.511. The van der Waals surface area contributed by atoms with Crippen molar-refractivity contribution in [3.8, 4) is 0 Å². The molecule has 20 heavy (non-hydrogen) atoms. The molecule has 0 bridgehead atoms. The minimum Gasteiger partial charge on any atom is -0.202 e. The summed E-state index contributed by atoms with van der Waals surface area (Å²) in [6.45, 7) is 1.99. The zero-order chi connectivity index (χ0) is 16.6. The Kier molecular flexibility index (Phi) is 5.52. The molecule has 1 unspecified atom stereocenters. The molecule has 0 aliphatic carbocycles. The number of alkyl halides is 6. The van der Waals surface area contributed by atoms with Gasteiger partial charge in [-0.15, -0.1) is 0 Å².